The van der Waals surface area contributed by atoms with E-state index in [1.807, 2.05) is 0 Å². The molecule has 3 nitrogen and oxygen atoms in total. The fourth-order valence-corrected chi connectivity index (χ4v) is 1.74. The third kappa shape index (κ3) is 2.94. The number of hydrogen-bond donors (Lipinski definition) is 1. The fourth-order valence-electron chi connectivity index (χ4n) is 1.74. The second-order valence-electron chi connectivity index (χ2n) is 3.82. The normalized spacial score (nSPS) is 12.7. The molecule has 6 heteroatoms. The lowest BCUT2D eigenvalue weighted by atomic mass is 10.0. The largest absolute Gasteiger partial charge is 0.493 e. The molecule has 0 heterocycles. The van der Waals surface area contributed by atoms with Gasteiger partial charge in [-0.05, 0) is 44.0 Å². The van der Waals surface area contributed by atoms with Crippen molar-refractivity contribution in [2.75, 3.05) is 6.61 Å². The maximum Gasteiger partial charge on any atom is 0.437 e. The first-order valence-electron chi connectivity index (χ1n) is 5.35. The summed E-state index contributed by atoms with van der Waals surface area (Å²) in [5, 5.41) is 10.8. The zero-order chi connectivity index (χ0) is 13.9. The van der Waals surface area contributed by atoms with Gasteiger partial charge in [-0.1, -0.05) is 5.16 Å². The number of alkyl halides is 3. The highest BCUT2D eigenvalue weighted by Gasteiger charge is 2.38. The van der Waals surface area contributed by atoms with E-state index in [1.165, 1.54) is 12.1 Å². The Morgan fingerprint density at radius 1 is 1.28 bits per heavy atom. The summed E-state index contributed by atoms with van der Waals surface area (Å²) in [6.45, 7) is 5.52. The molecule has 1 rings (SSSR count). The number of oxime groups is 1. The second kappa shape index (κ2) is 5.29. The van der Waals surface area contributed by atoms with Crippen LogP contribution in [-0.4, -0.2) is 23.7 Å². The van der Waals surface area contributed by atoms with Crippen LogP contribution in [0.4, 0.5) is 13.2 Å². The molecule has 0 atom stereocenters. The van der Waals surface area contributed by atoms with Crippen molar-refractivity contribution >= 4 is 5.71 Å². The Balaban J connectivity index is 3.29. The topological polar surface area (TPSA) is 41.8 Å². The van der Waals surface area contributed by atoms with Crippen molar-refractivity contribution in [3.63, 3.8) is 0 Å². The Labute approximate surface area is 103 Å². The van der Waals surface area contributed by atoms with Gasteiger partial charge in [0.15, 0.2) is 5.71 Å². The van der Waals surface area contributed by atoms with Gasteiger partial charge in [0.1, 0.15) is 5.75 Å². The second-order valence-corrected chi connectivity index (χ2v) is 3.82. The third-order valence-electron chi connectivity index (χ3n) is 2.39. The monoisotopic (exact) mass is 261 g/mol. The molecule has 1 aromatic rings. The maximum absolute atomic E-state index is 12.6. The standard InChI is InChI=1S/C12H14F3NO2/c1-4-18-10-7(2)5-9(6-8(10)3)11(16-17)12(13,14)15/h5-6,17H,4H2,1-3H3. The lowest BCUT2D eigenvalue weighted by Gasteiger charge is -2.14. The summed E-state index contributed by atoms with van der Waals surface area (Å²) in [5.41, 5.74) is -0.352. The fraction of sp³-hybridized carbons (Fsp3) is 0.417. The molecule has 0 spiro atoms. The summed E-state index contributed by atoms with van der Waals surface area (Å²) in [6.07, 6.45) is -4.69. The van der Waals surface area contributed by atoms with E-state index in [-0.39, 0.29) is 5.56 Å². The highest BCUT2D eigenvalue weighted by atomic mass is 19.4. The van der Waals surface area contributed by atoms with Gasteiger partial charge in [-0.25, -0.2) is 0 Å². The maximum atomic E-state index is 12.6. The van der Waals surface area contributed by atoms with Crippen LogP contribution in [0.2, 0.25) is 0 Å². The van der Waals surface area contributed by atoms with Crippen LogP contribution in [0.1, 0.15) is 23.6 Å². The lowest BCUT2D eigenvalue weighted by molar-refractivity contribution is -0.0601. The van der Waals surface area contributed by atoms with Gasteiger partial charge in [0.05, 0.1) is 6.61 Å². The molecule has 0 unspecified atom stereocenters. The van der Waals surface area contributed by atoms with E-state index in [1.54, 1.807) is 20.8 Å². The molecule has 0 aliphatic rings. The summed E-state index contributed by atoms with van der Waals surface area (Å²) in [4.78, 5) is 0. The molecule has 100 valence electrons. The van der Waals surface area contributed by atoms with Gasteiger partial charge < -0.3 is 9.94 Å². The molecule has 0 aromatic heterocycles. The smallest absolute Gasteiger partial charge is 0.437 e. The Kier molecular flexibility index (Phi) is 4.21. The average molecular weight is 261 g/mol. The number of rotatable bonds is 3. The molecule has 0 fully saturated rings. The van der Waals surface area contributed by atoms with Crippen LogP contribution in [0.15, 0.2) is 17.3 Å². The SMILES string of the molecule is CCOc1c(C)cc(C(=NO)C(F)(F)F)cc1C. The molecular formula is C12H14F3NO2. The first-order valence-corrected chi connectivity index (χ1v) is 5.35. The predicted molar refractivity (Wildman–Crippen MR) is 61.5 cm³/mol. The Hall–Kier alpha value is -1.72. The Morgan fingerprint density at radius 3 is 2.11 bits per heavy atom. The van der Waals surface area contributed by atoms with E-state index < -0.39 is 11.9 Å². The number of nitrogens with zero attached hydrogens (tertiary/aromatic N) is 1. The van der Waals surface area contributed by atoms with Crippen LogP contribution < -0.4 is 4.74 Å². The van der Waals surface area contributed by atoms with Crippen molar-refractivity contribution in [3.05, 3.63) is 28.8 Å². The van der Waals surface area contributed by atoms with Crippen LogP contribution in [0.3, 0.4) is 0 Å². The lowest BCUT2D eigenvalue weighted by Crippen LogP contribution is -2.24. The van der Waals surface area contributed by atoms with Gasteiger partial charge in [0.25, 0.3) is 0 Å². The molecule has 0 aliphatic heterocycles. The predicted octanol–water partition coefficient (Wildman–Crippen LogP) is 3.44. The first kappa shape index (κ1) is 14.3. The van der Waals surface area contributed by atoms with Gasteiger partial charge in [0, 0.05) is 5.56 Å². The number of aryl methyl sites for hydroxylation is 2. The molecule has 1 aromatic carbocycles. The minimum Gasteiger partial charge on any atom is -0.493 e. The van der Waals surface area contributed by atoms with Crippen molar-refractivity contribution in [2.45, 2.75) is 26.9 Å². The van der Waals surface area contributed by atoms with Crippen molar-refractivity contribution in [2.24, 2.45) is 5.16 Å². The Morgan fingerprint density at radius 2 is 1.78 bits per heavy atom. The molecule has 0 aliphatic carbocycles. The average Bonchev–Trinajstić information content (AvgIpc) is 2.22. The van der Waals surface area contributed by atoms with Crippen LogP contribution in [0.25, 0.3) is 0 Å². The zero-order valence-corrected chi connectivity index (χ0v) is 10.3. The summed E-state index contributed by atoms with van der Waals surface area (Å²) in [7, 11) is 0. The number of ether oxygens (including phenoxy) is 1. The van der Waals surface area contributed by atoms with E-state index in [4.69, 9.17) is 9.94 Å². The molecule has 0 radical (unpaired) electrons. The molecule has 0 saturated carbocycles. The van der Waals surface area contributed by atoms with Crippen molar-refractivity contribution < 1.29 is 23.1 Å². The highest BCUT2D eigenvalue weighted by molar-refractivity contribution is 6.04. The molecule has 18 heavy (non-hydrogen) atoms. The highest BCUT2D eigenvalue weighted by Crippen LogP contribution is 2.29. The molecule has 0 amide bonds. The first-order chi connectivity index (χ1) is 8.31. The van der Waals surface area contributed by atoms with E-state index in [0.29, 0.717) is 23.5 Å². The van der Waals surface area contributed by atoms with Gasteiger partial charge in [-0.15, -0.1) is 0 Å². The molecular weight excluding hydrogens is 247 g/mol. The number of halogens is 3. The van der Waals surface area contributed by atoms with Crippen LogP contribution in [0.5, 0.6) is 5.75 Å². The van der Waals surface area contributed by atoms with E-state index in [9.17, 15) is 13.2 Å². The molecule has 0 bridgehead atoms. The van der Waals surface area contributed by atoms with Crippen molar-refractivity contribution in [1.29, 1.82) is 0 Å². The van der Waals surface area contributed by atoms with Crippen LogP contribution in [0, 0.1) is 13.8 Å². The summed E-state index contributed by atoms with van der Waals surface area (Å²) in [6, 6.07) is 2.58. The van der Waals surface area contributed by atoms with E-state index in [0.717, 1.165) is 0 Å². The zero-order valence-electron chi connectivity index (χ0n) is 10.3. The molecule has 1 N–H and O–H groups in total. The summed E-state index contributed by atoms with van der Waals surface area (Å²) >= 11 is 0. The van der Waals surface area contributed by atoms with Gasteiger partial charge in [0.2, 0.25) is 0 Å². The Bertz CT molecular complexity index is 444. The van der Waals surface area contributed by atoms with Gasteiger partial charge in [-0.2, -0.15) is 13.2 Å². The van der Waals surface area contributed by atoms with Crippen LogP contribution in [-0.2, 0) is 0 Å². The quantitative estimate of drug-likeness (QED) is 0.514. The summed E-state index contributed by atoms with van der Waals surface area (Å²) < 4.78 is 43.1. The minimum absolute atomic E-state index is 0.177. The van der Waals surface area contributed by atoms with Crippen LogP contribution >= 0.6 is 0 Å². The summed E-state index contributed by atoms with van der Waals surface area (Å²) in [5.74, 6) is 0.556. The van der Waals surface area contributed by atoms with Crippen molar-refractivity contribution in [1.82, 2.24) is 0 Å². The van der Waals surface area contributed by atoms with Gasteiger partial charge >= 0.3 is 6.18 Å². The minimum atomic E-state index is -4.69. The van der Waals surface area contributed by atoms with E-state index >= 15 is 0 Å². The third-order valence-corrected chi connectivity index (χ3v) is 2.39. The molecule has 0 saturated heterocycles. The number of benzene rings is 1. The number of hydrogen-bond acceptors (Lipinski definition) is 3. The van der Waals surface area contributed by atoms with Crippen molar-refractivity contribution in [3.8, 4) is 5.75 Å². The van der Waals surface area contributed by atoms with E-state index in [2.05, 4.69) is 5.16 Å². The van der Waals surface area contributed by atoms with Gasteiger partial charge in [-0.3, -0.25) is 0 Å².